The van der Waals surface area contributed by atoms with E-state index in [0.717, 1.165) is 17.0 Å². The highest BCUT2D eigenvalue weighted by molar-refractivity contribution is 5.97. The van der Waals surface area contributed by atoms with E-state index in [1.807, 2.05) is 6.92 Å². The number of aromatic carboxylic acids is 1. The molecule has 0 aliphatic heterocycles. The molecule has 2 heterocycles. The summed E-state index contributed by atoms with van der Waals surface area (Å²) in [6.07, 6.45) is 0. The number of ether oxygens (including phenoxy) is 1. The maximum absolute atomic E-state index is 11.6. The van der Waals surface area contributed by atoms with Crippen molar-refractivity contribution in [3.63, 3.8) is 0 Å². The first kappa shape index (κ1) is 15.8. The van der Waals surface area contributed by atoms with Crippen LogP contribution in [0.4, 0.5) is 0 Å². The lowest BCUT2D eigenvalue weighted by Gasteiger charge is -2.00. The van der Waals surface area contributed by atoms with Crippen LogP contribution in [0.3, 0.4) is 0 Å². The lowest BCUT2D eigenvalue weighted by Crippen LogP contribution is -2.00. The van der Waals surface area contributed by atoms with Gasteiger partial charge in [-0.1, -0.05) is 0 Å². The molecule has 3 rings (SSSR count). The fraction of sp³-hybridized carbons (Fsp3) is 0.235. The molecule has 2 aromatic heterocycles. The van der Waals surface area contributed by atoms with Crippen molar-refractivity contribution in [2.45, 2.75) is 13.8 Å². The van der Waals surface area contributed by atoms with Gasteiger partial charge in [0.2, 0.25) is 5.89 Å². The number of hydrogen-bond acceptors (Lipinski definition) is 5. The summed E-state index contributed by atoms with van der Waals surface area (Å²) in [4.78, 5) is 11.6. The van der Waals surface area contributed by atoms with Crippen molar-refractivity contribution >= 4 is 5.97 Å². The SMILES string of the molecule is COc1ccc(-c2nnc(-c3c(C(=O)O)c(C)n(C)c3C)o2)cc1. The van der Waals surface area contributed by atoms with Gasteiger partial charge >= 0.3 is 5.97 Å². The maximum Gasteiger partial charge on any atom is 0.338 e. The van der Waals surface area contributed by atoms with Crippen molar-refractivity contribution in [2.75, 3.05) is 7.11 Å². The monoisotopic (exact) mass is 327 g/mol. The third kappa shape index (κ3) is 2.44. The fourth-order valence-electron chi connectivity index (χ4n) is 2.65. The Morgan fingerprint density at radius 1 is 1.12 bits per heavy atom. The predicted molar refractivity (Wildman–Crippen MR) is 87.1 cm³/mol. The molecule has 3 aromatic rings. The molecule has 0 aliphatic rings. The van der Waals surface area contributed by atoms with Gasteiger partial charge < -0.3 is 18.8 Å². The smallest absolute Gasteiger partial charge is 0.338 e. The second-order valence-electron chi connectivity index (χ2n) is 5.43. The predicted octanol–water partition coefficient (Wildman–Crippen LogP) is 3.07. The average Bonchev–Trinajstić information content (AvgIpc) is 3.14. The van der Waals surface area contributed by atoms with Gasteiger partial charge in [0.15, 0.2) is 0 Å². The van der Waals surface area contributed by atoms with Gasteiger partial charge in [-0.2, -0.15) is 0 Å². The Labute approximate surface area is 138 Å². The zero-order valence-electron chi connectivity index (χ0n) is 13.8. The highest BCUT2D eigenvalue weighted by Gasteiger charge is 2.26. The van der Waals surface area contributed by atoms with E-state index in [0.29, 0.717) is 17.1 Å². The van der Waals surface area contributed by atoms with E-state index in [-0.39, 0.29) is 11.5 Å². The summed E-state index contributed by atoms with van der Waals surface area (Å²) >= 11 is 0. The van der Waals surface area contributed by atoms with Crippen LogP contribution in [0.2, 0.25) is 0 Å². The fourth-order valence-corrected chi connectivity index (χ4v) is 2.65. The van der Waals surface area contributed by atoms with E-state index in [1.165, 1.54) is 0 Å². The van der Waals surface area contributed by atoms with Crippen LogP contribution in [0.25, 0.3) is 22.9 Å². The Morgan fingerprint density at radius 3 is 2.33 bits per heavy atom. The molecule has 0 saturated heterocycles. The van der Waals surface area contributed by atoms with Gasteiger partial charge in [-0.15, -0.1) is 10.2 Å². The molecule has 0 bridgehead atoms. The largest absolute Gasteiger partial charge is 0.497 e. The van der Waals surface area contributed by atoms with Crippen LogP contribution in [0, 0.1) is 13.8 Å². The first-order valence-electron chi connectivity index (χ1n) is 7.31. The third-order valence-electron chi connectivity index (χ3n) is 4.17. The molecule has 0 atom stereocenters. The Bertz CT molecular complexity index is 907. The zero-order chi connectivity index (χ0) is 17.4. The van der Waals surface area contributed by atoms with Crippen molar-refractivity contribution in [2.24, 2.45) is 7.05 Å². The molecule has 0 radical (unpaired) electrons. The molecule has 24 heavy (non-hydrogen) atoms. The van der Waals surface area contributed by atoms with Crippen LogP contribution < -0.4 is 4.74 Å². The van der Waals surface area contributed by atoms with Crippen LogP contribution in [0.5, 0.6) is 5.75 Å². The Hall–Kier alpha value is -3.09. The molecule has 0 aliphatic carbocycles. The molecular weight excluding hydrogens is 310 g/mol. The van der Waals surface area contributed by atoms with E-state index in [1.54, 1.807) is 49.9 Å². The van der Waals surface area contributed by atoms with Crippen molar-refractivity contribution in [1.82, 2.24) is 14.8 Å². The van der Waals surface area contributed by atoms with Gasteiger partial charge in [0.05, 0.1) is 18.2 Å². The van der Waals surface area contributed by atoms with E-state index < -0.39 is 5.97 Å². The number of rotatable bonds is 4. The summed E-state index contributed by atoms with van der Waals surface area (Å²) in [5.74, 6) is 0.223. The number of carboxylic acids is 1. The molecule has 7 heteroatoms. The number of hydrogen-bond donors (Lipinski definition) is 1. The van der Waals surface area contributed by atoms with Crippen LogP contribution >= 0.6 is 0 Å². The van der Waals surface area contributed by atoms with Gasteiger partial charge in [0, 0.05) is 24.0 Å². The minimum absolute atomic E-state index is 0.180. The minimum atomic E-state index is -1.02. The molecule has 7 nitrogen and oxygen atoms in total. The number of carboxylic acid groups (broad SMARTS) is 1. The van der Waals surface area contributed by atoms with Crippen LogP contribution in [-0.4, -0.2) is 33.0 Å². The van der Waals surface area contributed by atoms with Crippen LogP contribution in [-0.2, 0) is 7.05 Å². The second kappa shape index (κ2) is 5.84. The van der Waals surface area contributed by atoms with Gasteiger partial charge in [-0.3, -0.25) is 0 Å². The minimum Gasteiger partial charge on any atom is -0.497 e. The summed E-state index contributed by atoms with van der Waals surface area (Å²) in [6, 6.07) is 7.19. The Morgan fingerprint density at radius 2 is 1.75 bits per heavy atom. The molecular formula is C17H17N3O4. The van der Waals surface area contributed by atoms with Crippen molar-refractivity contribution < 1.29 is 19.1 Å². The standard InChI is InChI=1S/C17H17N3O4/c1-9-13(14(17(21)22)10(2)20(9)3)16-19-18-15(24-16)11-5-7-12(23-4)8-6-11/h5-8H,1-4H3,(H,21,22). The van der Waals surface area contributed by atoms with Gasteiger partial charge in [0.25, 0.3) is 5.89 Å². The third-order valence-corrected chi connectivity index (χ3v) is 4.17. The maximum atomic E-state index is 11.6. The normalized spacial score (nSPS) is 10.8. The molecule has 0 spiro atoms. The molecule has 1 aromatic carbocycles. The first-order valence-corrected chi connectivity index (χ1v) is 7.31. The molecule has 0 fully saturated rings. The summed E-state index contributed by atoms with van der Waals surface area (Å²) < 4.78 is 12.6. The molecule has 0 amide bonds. The van der Waals surface area contributed by atoms with E-state index in [9.17, 15) is 9.90 Å². The summed E-state index contributed by atoms with van der Waals surface area (Å²) in [5.41, 5.74) is 2.76. The lowest BCUT2D eigenvalue weighted by atomic mass is 10.1. The molecule has 0 unspecified atom stereocenters. The highest BCUT2D eigenvalue weighted by Crippen LogP contribution is 2.32. The topological polar surface area (TPSA) is 90.4 Å². The van der Waals surface area contributed by atoms with E-state index >= 15 is 0 Å². The second-order valence-corrected chi connectivity index (χ2v) is 5.43. The Balaban J connectivity index is 2.08. The molecule has 1 N–H and O–H groups in total. The number of aromatic nitrogens is 3. The lowest BCUT2D eigenvalue weighted by molar-refractivity contribution is 0.0696. The summed E-state index contributed by atoms with van der Waals surface area (Å²) in [5, 5.41) is 17.6. The quantitative estimate of drug-likeness (QED) is 0.792. The Kier molecular flexibility index (Phi) is 3.84. The van der Waals surface area contributed by atoms with E-state index in [4.69, 9.17) is 9.15 Å². The number of nitrogens with zero attached hydrogens (tertiary/aromatic N) is 3. The van der Waals surface area contributed by atoms with Crippen molar-refractivity contribution in [3.8, 4) is 28.7 Å². The van der Waals surface area contributed by atoms with Gasteiger partial charge in [0.1, 0.15) is 5.75 Å². The highest BCUT2D eigenvalue weighted by atomic mass is 16.5. The van der Waals surface area contributed by atoms with Crippen molar-refractivity contribution in [3.05, 3.63) is 41.2 Å². The molecule has 124 valence electrons. The van der Waals surface area contributed by atoms with Gasteiger partial charge in [-0.25, -0.2) is 4.79 Å². The van der Waals surface area contributed by atoms with Crippen LogP contribution in [0.1, 0.15) is 21.7 Å². The summed E-state index contributed by atoms with van der Waals surface area (Å²) in [6.45, 7) is 3.58. The van der Waals surface area contributed by atoms with Gasteiger partial charge in [-0.05, 0) is 38.1 Å². The zero-order valence-corrected chi connectivity index (χ0v) is 13.8. The first-order chi connectivity index (χ1) is 11.4. The van der Waals surface area contributed by atoms with Crippen molar-refractivity contribution in [1.29, 1.82) is 0 Å². The molecule has 0 saturated carbocycles. The number of benzene rings is 1. The number of carbonyl (C=O) groups is 1. The average molecular weight is 327 g/mol. The summed E-state index contributed by atoms with van der Waals surface area (Å²) in [7, 11) is 3.40. The van der Waals surface area contributed by atoms with E-state index in [2.05, 4.69) is 10.2 Å². The number of methoxy groups -OCH3 is 1. The van der Waals surface area contributed by atoms with Crippen LogP contribution in [0.15, 0.2) is 28.7 Å².